The first-order chi connectivity index (χ1) is 16.9. The van der Waals surface area contributed by atoms with Crippen LogP contribution in [-0.4, -0.2) is 36.0 Å². The van der Waals surface area contributed by atoms with E-state index in [1.165, 1.54) is 30.5 Å². The number of benzene rings is 3. The molecule has 0 aliphatic carbocycles. The number of aliphatic hydroxyl groups excluding tert-OH is 1. The molecule has 0 bridgehead atoms. The van der Waals surface area contributed by atoms with Gasteiger partial charge in [0.05, 0.1) is 36.1 Å². The van der Waals surface area contributed by atoms with E-state index < -0.39 is 17.7 Å². The van der Waals surface area contributed by atoms with Gasteiger partial charge in [0.2, 0.25) is 0 Å². The highest BCUT2D eigenvalue weighted by Gasteiger charge is 2.48. The van der Waals surface area contributed by atoms with E-state index in [0.29, 0.717) is 38.3 Å². The minimum Gasteiger partial charge on any atom is -0.507 e. The predicted octanol–water partition coefficient (Wildman–Crippen LogP) is 5.59. The summed E-state index contributed by atoms with van der Waals surface area (Å²) in [6.07, 6.45) is 0. The van der Waals surface area contributed by atoms with Crippen LogP contribution in [0.25, 0.3) is 16.0 Å². The van der Waals surface area contributed by atoms with Crippen LogP contribution in [0.1, 0.15) is 17.2 Å². The summed E-state index contributed by atoms with van der Waals surface area (Å²) < 4.78 is 11.4. The molecule has 1 unspecified atom stereocenters. The lowest BCUT2D eigenvalue weighted by Gasteiger charge is -2.23. The zero-order valence-electron chi connectivity index (χ0n) is 18.7. The summed E-state index contributed by atoms with van der Waals surface area (Å²) in [6.45, 7) is 0. The number of nitrogens with zero attached hydrogens (tertiary/aromatic N) is 2. The fraction of sp³-hybridized carbons (Fsp3) is 0.115. The molecule has 7 nitrogen and oxygen atoms in total. The monoisotopic (exact) mass is 506 g/mol. The smallest absolute Gasteiger partial charge is 0.301 e. The van der Waals surface area contributed by atoms with Crippen molar-refractivity contribution in [1.82, 2.24) is 4.98 Å². The third-order valence-electron chi connectivity index (χ3n) is 5.74. The first kappa shape index (κ1) is 22.9. The number of carbonyl (C=O) groups is 2. The molecule has 3 aromatic carbocycles. The van der Waals surface area contributed by atoms with Crippen LogP contribution in [-0.2, 0) is 9.59 Å². The van der Waals surface area contributed by atoms with E-state index in [1.54, 1.807) is 66.7 Å². The molecule has 1 aliphatic rings. The van der Waals surface area contributed by atoms with E-state index >= 15 is 0 Å². The highest BCUT2D eigenvalue weighted by atomic mass is 35.5. The normalized spacial score (nSPS) is 17.2. The predicted molar refractivity (Wildman–Crippen MR) is 135 cm³/mol. The summed E-state index contributed by atoms with van der Waals surface area (Å²) in [5, 5.41) is 12.1. The molecular formula is C26H19ClN2O5S. The van der Waals surface area contributed by atoms with E-state index in [-0.39, 0.29) is 11.3 Å². The van der Waals surface area contributed by atoms with Crippen LogP contribution in [0.3, 0.4) is 0 Å². The maximum atomic E-state index is 13.4. The first-order valence-electron chi connectivity index (χ1n) is 10.6. The SMILES string of the molecule is COc1cccc(C(O)=C2C(=O)C(=O)N(c3nc4ccc(Cl)cc4s3)C2c2cccc(OC)c2)c1. The highest BCUT2D eigenvalue weighted by molar-refractivity contribution is 7.22. The molecule has 9 heteroatoms. The summed E-state index contributed by atoms with van der Waals surface area (Å²) in [6, 6.07) is 18.0. The number of thiazole rings is 1. The van der Waals surface area contributed by atoms with Crippen molar-refractivity contribution in [2.75, 3.05) is 19.1 Å². The molecular weight excluding hydrogens is 488 g/mol. The van der Waals surface area contributed by atoms with Gasteiger partial charge in [-0.25, -0.2) is 4.98 Å². The van der Waals surface area contributed by atoms with Gasteiger partial charge < -0.3 is 14.6 Å². The van der Waals surface area contributed by atoms with Gasteiger partial charge in [-0.05, 0) is 48.0 Å². The van der Waals surface area contributed by atoms with Gasteiger partial charge in [-0.15, -0.1) is 0 Å². The van der Waals surface area contributed by atoms with Crippen molar-refractivity contribution in [3.05, 3.63) is 88.5 Å². The fourth-order valence-electron chi connectivity index (χ4n) is 4.07. The number of ketones is 1. The van der Waals surface area contributed by atoms with Gasteiger partial charge in [0, 0.05) is 10.6 Å². The van der Waals surface area contributed by atoms with Crippen LogP contribution in [0.15, 0.2) is 72.3 Å². The quantitative estimate of drug-likeness (QED) is 0.215. The fourth-order valence-corrected chi connectivity index (χ4v) is 5.34. The largest absolute Gasteiger partial charge is 0.507 e. The van der Waals surface area contributed by atoms with Crippen LogP contribution < -0.4 is 14.4 Å². The Labute approximate surface area is 209 Å². The van der Waals surface area contributed by atoms with Gasteiger partial charge >= 0.3 is 5.91 Å². The Morgan fingerprint density at radius 3 is 2.46 bits per heavy atom. The second kappa shape index (κ2) is 9.05. The van der Waals surface area contributed by atoms with Gasteiger partial charge in [0.15, 0.2) is 5.13 Å². The summed E-state index contributed by atoms with van der Waals surface area (Å²) in [7, 11) is 3.04. The molecule has 35 heavy (non-hydrogen) atoms. The number of aliphatic hydroxyl groups is 1. The number of ether oxygens (including phenoxy) is 2. The number of hydrogen-bond donors (Lipinski definition) is 1. The molecule has 1 atom stereocenters. The van der Waals surface area contributed by atoms with E-state index in [2.05, 4.69) is 4.98 Å². The van der Waals surface area contributed by atoms with Crippen molar-refractivity contribution in [1.29, 1.82) is 0 Å². The molecule has 1 N–H and O–H groups in total. The number of aromatic nitrogens is 1. The standard InChI is InChI=1S/C26H19ClN2O5S/c1-33-17-7-3-5-14(11-17)22-21(23(30)15-6-4-8-18(12-15)34-2)24(31)25(32)29(22)26-28-19-10-9-16(27)13-20(19)35-26/h3-13,22,30H,1-2H3. The summed E-state index contributed by atoms with van der Waals surface area (Å²) >= 11 is 7.37. The lowest BCUT2D eigenvalue weighted by Crippen LogP contribution is -2.29. The second-order valence-electron chi connectivity index (χ2n) is 7.79. The highest BCUT2D eigenvalue weighted by Crippen LogP contribution is 2.45. The number of carbonyl (C=O) groups excluding carboxylic acids is 2. The van der Waals surface area contributed by atoms with E-state index in [4.69, 9.17) is 21.1 Å². The van der Waals surface area contributed by atoms with Crippen molar-refractivity contribution in [2.45, 2.75) is 6.04 Å². The maximum Gasteiger partial charge on any atom is 0.301 e. The first-order valence-corrected chi connectivity index (χ1v) is 11.8. The van der Waals surface area contributed by atoms with Gasteiger partial charge in [0.1, 0.15) is 17.3 Å². The van der Waals surface area contributed by atoms with E-state index in [0.717, 1.165) is 4.70 Å². The lowest BCUT2D eigenvalue weighted by atomic mass is 9.95. The van der Waals surface area contributed by atoms with Crippen molar-refractivity contribution in [2.24, 2.45) is 0 Å². The molecule has 1 aromatic heterocycles. The summed E-state index contributed by atoms with van der Waals surface area (Å²) in [4.78, 5) is 32.6. The molecule has 0 radical (unpaired) electrons. The number of amides is 1. The number of anilines is 1. The Morgan fingerprint density at radius 1 is 1.00 bits per heavy atom. The molecule has 1 saturated heterocycles. The second-order valence-corrected chi connectivity index (χ2v) is 9.23. The third-order valence-corrected chi connectivity index (χ3v) is 6.99. The van der Waals surface area contributed by atoms with Crippen LogP contribution in [0.2, 0.25) is 5.02 Å². The van der Waals surface area contributed by atoms with Crippen molar-refractivity contribution >= 4 is 55.7 Å². The molecule has 4 aromatic rings. The van der Waals surface area contributed by atoms with Crippen LogP contribution in [0.5, 0.6) is 11.5 Å². The Morgan fingerprint density at radius 2 is 1.71 bits per heavy atom. The van der Waals surface area contributed by atoms with Crippen molar-refractivity contribution in [3.63, 3.8) is 0 Å². The molecule has 1 amide bonds. The van der Waals surface area contributed by atoms with Crippen molar-refractivity contribution in [3.8, 4) is 11.5 Å². The lowest BCUT2D eigenvalue weighted by molar-refractivity contribution is -0.132. The number of methoxy groups -OCH3 is 2. The Balaban J connectivity index is 1.74. The van der Waals surface area contributed by atoms with E-state index in [1.807, 2.05) is 0 Å². The Kier molecular flexibility index (Phi) is 5.92. The number of halogens is 1. The van der Waals surface area contributed by atoms with Crippen molar-refractivity contribution < 1.29 is 24.2 Å². The van der Waals surface area contributed by atoms with Gasteiger partial charge in [-0.3, -0.25) is 14.5 Å². The van der Waals surface area contributed by atoms with Gasteiger partial charge in [-0.1, -0.05) is 47.2 Å². The third kappa shape index (κ3) is 4.00. The van der Waals surface area contributed by atoms with Gasteiger partial charge in [-0.2, -0.15) is 0 Å². The number of hydrogen-bond acceptors (Lipinski definition) is 7. The zero-order valence-corrected chi connectivity index (χ0v) is 20.3. The average molecular weight is 507 g/mol. The minimum absolute atomic E-state index is 0.0474. The number of rotatable bonds is 5. The number of Topliss-reactive ketones (excluding diaryl/α,β-unsaturated/α-hetero) is 1. The van der Waals surface area contributed by atoms with E-state index in [9.17, 15) is 14.7 Å². The topological polar surface area (TPSA) is 89.0 Å². The molecule has 1 fully saturated rings. The van der Waals surface area contributed by atoms with Crippen LogP contribution in [0, 0.1) is 0 Å². The Bertz CT molecular complexity index is 1510. The molecule has 176 valence electrons. The average Bonchev–Trinajstić information content (AvgIpc) is 3.41. The summed E-state index contributed by atoms with van der Waals surface area (Å²) in [5.41, 5.74) is 1.54. The minimum atomic E-state index is -0.924. The molecule has 0 spiro atoms. The van der Waals surface area contributed by atoms with Crippen LogP contribution in [0.4, 0.5) is 5.13 Å². The maximum absolute atomic E-state index is 13.4. The number of fused-ring (bicyclic) bond motifs is 1. The molecule has 0 saturated carbocycles. The molecule has 1 aliphatic heterocycles. The summed E-state index contributed by atoms with van der Waals surface area (Å²) in [5.74, 6) is -0.848. The van der Waals surface area contributed by atoms with Gasteiger partial charge in [0.25, 0.3) is 5.78 Å². The Hall–Kier alpha value is -3.88. The zero-order chi connectivity index (χ0) is 24.7. The van der Waals surface area contributed by atoms with Crippen LogP contribution >= 0.6 is 22.9 Å². The molecule has 5 rings (SSSR count). The molecule has 2 heterocycles.